The number of piperidine rings is 1. The molecule has 1 amide bonds. The second kappa shape index (κ2) is 7.64. The second-order valence-electron chi connectivity index (χ2n) is 11.1. The number of amides is 1. The number of nitrogens with one attached hydrogen (secondary N) is 1. The van der Waals surface area contributed by atoms with Crippen LogP contribution in [-0.2, 0) is 16.6 Å². The summed E-state index contributed by atoms with van der Waals surface area (Å²) < 4.78 is 6.22. The Morgan fingerprint density at radius 1 is 1.27 bits per heavy atom. The third-order valence-corrected chi connectivity index (χ3v) is 9.45. The van der Waals surface area contributed by atoms with E-state index in [0.717, 1.165) is 24.2 Å². The van der Waals surface area contributed by atoms with Crippen LogP contribution in [0.25, 0.3) is 0 Å². The molecule has 4 atom stereocenters. The van der Waals surface area contributed by atoms with Crippen molar-refractivity contribution in [1.82, 2.24) is 4.90 Å². The molecular weight excluding hydrogens is 494 g/mol. The summed E-state index contributed by atoms with van der Waals surface area (Å²) in [5, 5.41) is 46.9. The van der Waals surface area contributed by atoms with E-state index in [1.54, 1.807) is 12.1 Å². The van der Waals surface area contributed by atoms with Crippen LogP contribution in [0, 0.1) is 17.2 Å². The summed E-state index contributed by atoms with van der Waals surface area (Å²) in [6.07, 6.45) is 2.47. The zero-order valence-electron chi connectivity index (χ0n) is 20.0. The van der Waals surface area contributed by atoms with Gasteiger partial charge in [-0.15, -0.1) is 0 Å². The fraction of sp³-hybridized carbons (Fsp3) is 0.429. The van der Waals surface area contributed by atoms with Gasteiger partial charge < -0.3 is 25.4 Å². The molecule has 8 nitrogen and oxygen atoms in total. The first-order chi connectivity index (χ1) is 17.8. The Labute approximate surface area is 218 Å². The van der Waals surface area contributed by atoms with Crippen LogP contribution in [0.3, 0.4) is 0 Å². The Bertz CT molecular complexity index is 1450. The maximum atomic E-state index is 13.5. The topological polar surface area (TPSA) is 126 Å². The van der Waals surface area contributed by atoms with Crippen LogP contribution >= 0.6 is 11.6 Å². The van der Waals surface area contributed by atoms with Gasteiger partial charge in [-0.1, -0.05) is 17.7 Å². The largest absolute Gasteiger partial charge is 0.508 e. The molecule has 2 aliphatic heterocycles. The predicted molar refractivity (Wildman–Crippen MR) is 135 cm³/mol. The van der Waals surface area contributed by atoms with Gasteiger partial charge in [0.15, 0.2) is 17.6 Å². The number of hydrogen-bond acceptors (Lipinski definition) is 7. The Kier molecular flexibility index (Phi) is 4.73. The number of anilines is 1. The van der Waals surface area contributed by atoms with Crippen molar-refractivity contribution in [2.45, 2.75) is 55.3 Å². The number of benzene rings is 2. The minimum atomic E-state index is -1.38. The quantitative estimate of drug-likeness (QED) is 0.486. The molecule has 1 saturated heterocycles. The Morgan fingerprint density at radius 3 is 2.81 bits per heavy atom. The van der Waals surface area contributed by atoms with E-state index in [1.165, 1.54) is 25.0 Å². The van der Waals surface area contributed by atoms with Crippen molar-refractivity contribution in [2.75, 3.05) is 18.4 Å². The van der Waals surface area contributed by atoms with Crippen LogP contribution in [0.4, 0.5) is 5.69 Å². The number of ether oxygens (including phenoxy) is 1. The first kappa shape index (κ1) is 22.9. The van der Waals surface area contributed by atoms with Crippen molar-refractivity contribution < 1.29 is 24.9 Å². The molecule has 2 fully saturated rings. The van der Waals surface area contributed by atoms with Gasteiger partial charge in [-0.2, -0.15) is 5.26 Å². The number of aliphatic hydroxyl groups is 2. The third-order valence-electron chi connectivity index (χ3n) is 9.14. The standard InChI is InChI=1S/C28H26ClN3O5/c29-19-10-17(5-3-16(19)12-30)31-26(35)18-11-28(36)21-9-15-4-6-20(33)24-22(15)27(28,25(37-24)23(18)34)7-8-32(21)13-14-1-2-14/h3-6,10,14,21,25,33-34,36H,1-2,7-9,11,13H2,(H,31,35)/t21-,25+,27+,28-/m1/s1. The fourth-order valence-corrected chi connectivity index (χ4v) is 7.48. The molecule has 0 radical (unpaired) electrons. The Balaban J connectivity index is 1.33. The molecule has 0 unspecified atom stereocenters. The van der Waals surface area contributed by atoms with E-state index in [1.807, 2.05) is 12.1 Å². The molecule has 2 aromatic rings. The van der Waals surface area contributed by atoms with Crippen molar-refractivity contribution in [2.24, 2.45) is 5.92 Å². The molecule has 2 aromatic carbocycles. The lowest BCUT2D eigenvalue weighted by Crippen LogP contribution is -2.75. The summed E-state index contributed by atoms with van der Waals surface area (Å²) in [7, 11) is 0. The number of nitrogens with zero attached hydrogens (tertiary/aromatic N) is 2. The molecule has 3 aliphatic carbocycles. The summed E-state index contributed by atoms with van der Waals surface area (Å²) in [5.74, 6) is 0.0982. The minimum Gasteiger partial charge on any atom is -0.508 e. The smallest absolute Gasteiger partial charge is 0.255 e. The number of likely N-dealkylation sites (tertiary alicyclic amines) is 1. The van der Waals surface area contributed by atoms with Crippen LogP contribution < -0.4 is 10.1 Å². The normalized spacial score (nSPS) is 31.4. The van der Waals surface area contributed by atoms with Gasteiger partial charge in [0.05, 0.1) is 27.2 Å². The highest BCUT2D eigenvalue weighted by atomic mass is 35.5. The molecular formula is C28H26ClN3O5. The van der Waals surface area contributed by atoms with Gasteiger partial charge in [0, 0.05) is 30.3 Å². The number of phenols is 1. The molecule has 7 rings (SSSR count). The average molecular weight is 520 g/mol. The summed E-state index contributed by atoms with van der Waals surface area (Å²) in [5.41, 5.74) is 0.164. The summed E-state index contributed by atoms with van der Waals surface area (Å²) in [6, 6.07) is 9.79. The van der Waals surface area contributed by atoms with Crippen molar-refractivity contribution in [3.05, 3.63) is 63.4 Å². The highest BCUT2D eigenvalue weighted by molar-refractivity contribution is 6.32. The average Bonchev–Trinajstić information content (AvgIpc) is 3.61. The molecule has 190 valence electrons. The van der Waals surface area contributed by atoms with E-state index in [0.29, 0.717) is 30.2 Å². The highest BCUT2D eigenvalue weighted by Gasteiger charge is 2.73. The lowest BCUT2D eigenvalue weighted by atomic mass is 9.49. The number of carbonyl (C=O) groups is 1. The zero-order valence-corrected chi connectivity index (χ0v) is 20.8. The minimum absolute atomic E-state index is 0.0326. The van der Waals surface area contributed by atoms with Gasteiger partial charge in [-0.25, -0.2) is 0 Å². The number of halogens is 1. The van der Waals surface area contributed by atoms with Crippen molar-refractivity contribution >= 4 is 23.2 Å². The first-order valence-corrected chi connectivity index (χ1v) is 13.1. The highest BCUT2D eigenvalue weighted by Crippen LogP contribution is 2.66. The number of carbonyl (C=O) groups excluding carboxylic acids is 1. The van der Waals surface area contributed by atoms with Crippen LogP contribution in [0.5, 0.6) is 11.5 Å². The van der Waals surface area contributed by atoms with Gasteiger partial charge in [0.1, 0.15) is 11.8 Å². The van der Waals surface area contributed by atoms with E-state index in [9.17, 15) is 20.1 Å². The molecule has 37 heavy (non-hydrogen) atoms. The van der Waals surface area contributed by atoms with E-state index in [2.05, 4.69) is 10.2 Å². The van der Waals surface area contributed by atoms with Crippen molar-refractivity contribution in [1.29, 1.82) is 5.26 Å². The van der Waals surface area contributed by atoms with Crippen LogP contribution in [0.15, 0.2) is 41.7 Å². The van der Waals surface area contributed by atoms with Crippen LogP contribution in [-0.4, -0.2) is 57.0 Å². The number of aromatic hydroxyl groups is 1. The van der Waals surface area contributed by atoms with Crippen molar-refractivity contribution in [3.8, 4) is 17.6 Å². The molecule has 4 N–H and O–H groups in total. The third kappa shape index (κ3) is 2.99. The zero-order chi connectivity index (χ0) is 25.7. The SMILES string of the molecule is N#Cc1ccc(NC(=O)C2=C(O)[C@@H]3Oc4c(O)ccc5c4[C@@]34CCN(CC3CC3)[C@H](C5)[C@]4(O)C2)cc1Cl. The molecule has 1 saturated carbocycles. The van der Waals surface area contributed by atoms with E-state index < -0.39 is 23.0 Å². The van der Waals surface area contributed by atoms with Crippen LogP contribution in [0.1, 0.15) is 42.4 Å². The first-order valence-electron chi connectivity index (χ1n) is 12.7. The van der Waals surface area contributed by atoms with Gasteiger partial charge in [0.25, 0.3) is 5.91 Å². The predicted octanol–water partition coefficient (Wildman–Crippen LogP) is 3.54. The van der Waals surface area contributed by atoms with E-state index in [-0.39, 0.29) is 40.1 Å². The number of nitriles is 1. The van der Waals surface area contributed by atoms with E-state index >= 15 is 0 Å². The summed E-state index contributed by atoms with van der Waals surface area (Å²) in [6.45, 7) is 1.65. The molecule has 9 heteroatoms. The molecule has 0 aromatic heterocycles. The lowest BCUT2D eigenvalue weighted by Gasteiger charge is -2.62. The number of rotatable bonds is 4. The number of hydrogen-bond donors (Lipinski definition) is 4. The maximum Gasteiger partial charge on any atom is 0.255 e. The van der Waals surface area contributed by atoms with Gasteiger partial charge in [-0.05, 0) is 68.0 Å². The number of phenolic OH excluding ortho intramolecular Hbond substituents is 1. The van der Waals surface area contributed by atoms with Crippen LogP contribution in [0.2, 0.25) is 5.02 Å². The summed E-state index contributed by atoms with van der Waals surface area (Å²) >= 11 is 6.14. The molecule has 1 spiro atoms. The van der Waals surface area contributed by atoms with Crippen molar-refractivity contribution in [3.63, 3.8) is 0 Å². The van der Waals surface area contributed by atoms with Gasteiger partial charge >= 0.3 is 0 Å². The van der Waals surface area contributed by atoms with E-state index in [4.69, 9.17) is 21.6 Å². The van der Waals surface area contributed by atoms with Gasteiger partial charge in [0.2, 0.25) is 0 Å². The second-order valence-corrected chi connectivity index (χ2v) is 11.5. The molecule has 2 heterocycles. The monoisotopic (exact) mass is 519 g/mol. The number of aliphatic hydroxyl groups excluding tert-OH is 1. The summed E-state index contributed by atoms with van der Waals surface area (Å²) in [4.78, 5) is 15.9. The molecule has 5 aliphatic rings. The molecule has 2 bridgehead atoms. The lowest BCUT2D eigenvalue weighted by molar-refractivity contribution is -0.172. The maximum absolute atomic E-state index is 13.5. The Morgan fingerprint density at radius 2 is 2.08 bits per heavy atom. The fourth-order valence-electron chi connectivity index (χ4n) is 7.26. The Hall–Kier alpha value is -3.25. The van der Waals surface area contributed by atoms with Gasteiger partial charge in [-0.3, -0.25) is 9.69 Å².